The van der Waals surface area contributed by atoms with Crippen molar-refractivity contribution < 1.29 is 9.66 Å². The van der Waals surface area contributed by atoms with Gasteiger partial charge in [-0.1, -0.05) is 0 Å². The van der Waals surface area contributed by atoms with Crippen LogP contribution in [-0.4, -0.2) is 18.1 Å². The summed E-state index contributed by atoms with van der Waals surface area (Å²) in [4.78, 5) is 10.4. The van der Waals surface area contributed by atoms with Gasteiger partial charge in [-0.25, -0.2) is 0 Å². The molecule has 1 saturated carbocycles. The predicted molar refractivity (Wildman–Crippen MR) is 65.5 cm³/mol. The normalized spacial score (nSPS) is 14.4. The number of nitro groups is 1. The summed E-state index contributed by atoms with van der Waals surface area (Å²) in [5.41, 5.74) is 0.793. The van der Waals surface area contributed by atoms with Gasteiger partial charge in [-0.3, -0.25) is 10.1 Å². The summed E-state index contributed by atoms with van der Waals surface area (Å²) in [6, 6.07) is 4.80. The molecule has 1 fully saturated rings. The number of nitro benzene ring substituents is 1. The number of ether oxygens (including phenoxy) is 1. The van der Waals surface area contributed by atoms with Gasteiger partial charge < -0.3 is 10.1 Å². The Kier molecular flexibility index (Phi) is 3.46. The smallest absolute Gasteiger partial charge is 0.275 e. The topological polar surface area (TPSA) is 64.4 Å². The van der Waals surface area contributed by atoms with Crippen LogP contribution in [0, 0.1) is 16.0 Å². The summed E-state index contributed by atoms with van der Waals surface area (Å²) in [7, 11) is 0. The SMILES string of the molecule is CCNc1cc(OCC2CC2)cc([N+](=O)[O-])c1. The van der Waals surface area contributed by atoms with Gasteiger partial charge in [-0.05, 0) is 25.7 Å². The van der Waals surface area contributed by atoms with Gasteiger partial charge in [0.1, 0.15) is 5.75 Å². The number of anilines is 1. The van der Waals surface area contributed by atoms with Gasteiger partial charge in [0.05, 0.1) is 17.6 Å². The Labute approximate surface area is 99.9 Å². The highest BCUT2D eigenvalue weighted by Crippen LogP contribution is 2.31. The van der Waals surface area contributed by atoms with E-state index in [2.05, 4.69) is 5.32 Å². The van der Waals surface area contributed by atoms with E-state index in [4.69, 9.17) is 4.74 Å². The molecule has 1 aliphatic carbocycles. The van der Waals surface area contributed by atoms with Gasteiger partial charge in [0.15, 0.2) is 0 Å². The molecule has 5 heteroatoms. The Morgan fingerprint density at radius 3 is 2.82 bits per heavy atom. The van der Waals surface area contributed by atoms with E-state index in [-0.39, 0.29) is 5.69 Å². The zero-order chi connectivity index (χ0) is 12.3. The maximum atomic E-state index is 10.8. The van der Waals surface area contributed by atoms with E-state index in [9.17, 15) is 10.1 Å². The Morgan fingerprint density at radius 2 is 2.24 bits per heavy atom. The van der Waals surface area contributed by atoms with E-state index in [1.807, 2.05) is 6.92 Å². The average molecular weight is 236 g/mol. The van der Waals surface area contributed by atoms with E-state index in [1.54, 1.807) is 6.07 Å². The molecule has 0 aliphatic heterocycles. The molecule has 0 radical (unpaired) electrons. The van der Waals surface area contributed by atoms with Crippen molar-refractivity contribution >= 4 is 11.4 Å². The monoisotopic (exact) mass is 236 g/mol. The Hall–Kier alpha value is -1.78. The van der Waals surface area contributed by atoms with Crippen LogP contribution in [0.3, 0.4) is 0 Å². The van der Waals surface area contributed by atoms with Gasteiger partial charge in [0.25, 0.3) is 5.69 Å². The molecule has 0 heterocycles. The second-order valence-electron chi connectivity index (χ2n) is 4.26. The molecule has 0 amide bonds. The van der Waals surface area contributed by atoms with E-state index in [0.29, 0.717) is 18.3 Å². The summed E-state index contributed by atoms with van der Waals surface area (Å²) in [6.07, 6.45) is 2.41. The van der Waals surface area contributed by atoms with Crippen molar-refractivity contribution in [2.45, 2.75) is 19.8 Å². The molecule has 17 heavy (non-hydrogen) atoms. The lowest BCUT2D eigenvalue weighted by atomic mass is 10.2. The van der Waals surface area contributed by atoms with Crippen molar-refractivity contribution in [2.24, 2.45) is 5.92 Å². The summed E-state index contributed by atoms with van der Waals surface area (Å²) in [5.74, 6) is 1.21. The quantitative estimate of drug-likeness (QED) is 0.609. The molecule has 0 saturated heterocycles. The second kappa shape index (κ2) is 5.03. The van der Waals surface area contributed by atoms with Crippen molar-refractivity contribution in [1.82, 2.24) is 0 Å². The highest BCUT2D eigenvalue weighted by molar-refractivity contribution is 5.56. The standard InChI is InChI=1S/C12H16N2O3/c1-2-13-10-5-11(14(15)16)7-12(6-10)17-8-9-3-4-9/h5-7,9,13H,2-4,8H2,1H3. The van der Waals surface area contributed by atoms with Crippen LogP contribution in [0.25, 0.3) is 0 Å². The van der Waals surface area contributed by atoms with E-state index >= 15 is 0 Å². The highest BCUT2D eigenvalue weighted by atomic mass is 16.6. The molecule has 1 aliphatic rings. The molecule has 1 N–H and O–H groups in total. The maximum absolute atomic E-state index is 10.8. The number of hydrogen-bond acceptors (Lipinski definition) is 4. The Balaban J connectivity index is 2.13. The number of hydrogen-bond donors (Lipinski definition) is 1. The fourth-order valence-corrected chi connectivity index (χ4v) is 1.58. The summed E-state index contributed by atoms with van der Waals surface area (Å²) in [6.45, 7) is 3.33. The second-order valence-corrected chi connectivity index (χ2v) is 4.26. The van der Waals surface area contributed by atoms with Gasteiger partial charge in [-0.2, -0.15) is 0 Å². The molecule has 0 atom stereocenters. The molecular formula is C12H16N2O3. The summed E-state index contributed by atoms with van der Waals surface area (Å²) >= 11 is 0. The van der Waals surface area contributed by atoms with E-state index in [1.165, 1.54) is 25.0 Å². The van der Waals surface area contributed by atoms with Crippen LogP contribution >= 0.6 is 0 Å². The molecule has 5 nitrogen and oxygen atoms in total. The molecule has 0 aromatic heterocycles. The van der Waals surface area contributed by atoms with Crippen molar-refractivity contribution in [3.05, 3.63) is 28.3 Å². The number of nitrogens with one attached hydrogen (secondary N) is 1. The molecule has 1 aromatic carbocycles. The van der Waals surface area contributed by atoms with Crippen molar-refractivity contribution in [3.63, 3.8) is 0 Å². The fourth-order valence-electron chi connectivity index (χ4n) is 1.58. The van der Waals surface area contributed by atoms with Crippen LogP contribution in [-0.2, 0) is 0 Å². The van der Waals surface area contributed by atoms with Gasteiger partial charge in [-0.15, -0.1) is 0 Å². The molecule has 1 aromatic rings. The average Bonchev–Trinajstić information content (AvgIpc) is 3.10. The number of rotatable bonds is 6. The first-order valence-corrected chi connectivity index (χ1v) is 5.85. The Morgan fingerprint density at radius 1 is 1.47 bits per heavy atom. The minimum atomic E-state index is -0.398. The van der Waals surface area contributed by atoms with Crippen LogP contribution in [0.4, 0.5) is 11.4 Å². The lowest BCUT2D eigenvalue weighted by molar-refractivity contribution is -0.384. The largest absolute Gasteiger partial charge is 0.493 e. The molecule has 0 spiro atoms. The van der Waals surface area contributed by atoms with Crippen LogP contribution < -0.4 is 10.1 Å². The molecular weight excluding hydrogens is 220 g/mol. The zero-order valence-corrected chi connectivity index (χ0v) is 9.81. The van der Waals surface area contributed by atoms with Crippen molar-refractivity contribution in [2.75, 3.05) is 18.5 Å². The third-order valence-electron chi connectivity index (χ3n) is 2.67. The van der Waals surface area contributed by atoms with Crippen LogP contribution in [0.2, 0.25) is 0 Å². The van der Waals surface area contributed by atoms with E-state index in [0.717, 1.165) is 12.2 Å². The van der Waals surface area contributed by atoms with Gasteiger partial charge in [0.2, 0.25) is 0 Å². The fraction of sp³-hybridized carbons (Fsp3) is 0.500. The number of nitrogens with zero attached hydrogens (tertiary/aromatic N) is 1. The summed E-state index contributed by atoms with van der Waals surface area (Å²) in [5, 5.41) is 13.8. The summed E-state index contributed by atoms with van der Waals surface area (Å²) < 4.78 is 5.56. The van der Waals surface area contributed by atoms with Crippen molar-refractivity contribution in [3.8, 4) is 5.75 Å². The lowest BCUT2D eigenvalue weighted by Gasteiger charge is -2.08. The van der Waals surface area contributed by atoms with Gasteiger partial charge in [0, 0.05) is 24.4 Å². The molecule has 0 unspecified atom stereocenters. The predicted octanol–water partition coefficient (Wildman–Crippen LogP) is 2.82. The minimum absolute atomic E-state index is 0.0641. The number of non-ortho nitro benzene ring substituents is 1. The lowest BCUT2D eigenvalue weighted by Crippen LogP contribution is -2.02. The van der Waals surface area contributed by atoms with E-state index < -0.39 is 4.92 Å². The van der Waals surface area contributed by atoms with Crippen LogP contribution in [0.5, 0.6) is 5.75 Å². The third kappa shape index (κ3) is 3.34. The first-order chi connectivity index (χ1) is 8.19. The highest BCUT2D eigenvalue weighted by Gasteiger charge is 2.22. The van der Waals surface area contributed by atoms with Crippen LogP contribution in [0.15, 0.2) is 18.2 Å². The molecule has 2 rings (SSSR count). The third-order valence-corrected chi connectivity index (χ3v) is 2.67. The molecule has 0 bridgehead atoms. The molecule has 92 valence electrons. The maximum Gasteiger partial charge on any atom is 0.275 e. The minimum Gasteiger partial charge on any atom is -0.493 e. The van der Waals surface area contributed by atoms with Gasteiger partial charge >= 0.3 is 0 Å². The zero-order valence-electron chi connectivity index (χ0n) is 9.81. The van der Waals surface area contributed by atoms with Crippen molar-refractivity contribution in [1.29, 1.82) is 0 Å². The first kappa shape index (κ1) is 11.7. The first-order valence-electron chi connectivity index (χ1n) is 5.85. The van der Waals surface area contributed by atoms with Crippen LogP contribution in [0.1, 0.15) is 19.8 Å². The Bertz CT molecular complexity index is 416. The number of benzene rings is 1.